The first-order valence-corrected chi connectivity index (χ1v) is 8.21. The van der Waals surface area contributed by atoms with Gasteiger partial charge in [-0.05, 0) is 43.7 Å². The van der Waals surface area contributed by atoms with Crippen molar-refractivity contribution in [1.29, 1.82) is 0 Å². The molecule has 2 heterocycles. The predicted molar refractivity (Wildman–Crippen MR) is 83.0 cm³/mol. The van der Waals surface area contributed by atoms with Crippen LogP contribution in [0.15, 0.2) is 16.7 Å². The van der Waals surface area contributed by atoms with Gasteiger partial charge in [0.1, 0.15) is 0 Å². The van der Waals surface area contributed by atoms with Crippen molar-refractivity contribution in [2.45, 2.75) is 52.6 Å². The molecule has 0 saturated heterocycles. The molecule has 108 valence electrons. The summed E-state index contributed by atoms with van der Waals surface area (Å²) < 4.78 is 5.59. The van der Waals surface area contributed by atoms with Crippen molar-refractivity contribution < 1.29 is 4.42 Å². The van der Waals surface area contributed by atoms with Gasteiger partial charge in [0, 0.05) is 17.5 Å². The SMILES string of the molecule is Cc1ccoc1-c1nc(CC(C)C)c(CNC2CC2)s1. The van der Waals surface area contributed by atoms with Gasteiger partial charge >= 0.3 is 0 Å². The largest absolute Gasteiger partial charge is 0.462 e. The molecule has 0 aromatic carbocycles. The monoisotopic (exact) mass is 290 g/mol. The van der Waals surface area contributed by atoms with E-state index in [1.54, 1.807) is 17.6 Å². The fourth-order valence-electron chi connectivity index (χ4n) is 2.28. The van der Waals surface area contributed by atoms with Gasteiger partial charge in [-0.2, -0.15) is 0 Å². The Kier molecular flexibility index (Phi) is 3.94. The van der Waals surface area contributed by atoms with Gasteiger partial charge in [0.25, 0.3) is 0 Å². The second kappa shape index (κ2) is 5.70. The van der Waals surface area contributed by atoms with Crippen molar-refractivity contribution in [3.63, 3.8) is 0 Å². The summed E-state index contributed by atoms with van der Waals surface area (Å²) in [5.41, 5.74) is 2.40. The summed E-state index contributed by atoms with van der Waals surface area (Å²) in [5, 5.41) is 4.62. The summed E-state index contributed by atoms with van der Waals surface area (Å²) in [6, 6.07) is 2.74. The maximum atomic E-state index is 5.59. The van der Waals surface area contributed by atoms with E-state index in [1.165, 1.54) is 23.4 Å². The van der Waals surface area contributed by atoms with Crippen molar-refractivity contribution in [3.8, 4) is 10.8 Å². The normalized spacial score (nSPS) is 15.2. The summed E-state index contributed by atoms with van der Waals surface area (Å²) >= 11 is 1.78. The lowest BCUT2D eigenvalue weighted by Crippen LogP contribution is -2.15. The van der Waals surface area contributed by atoms with Gasteiger partial charge in [0.2, 0.25) is 0 Å². The summed E-state index contributed by atoms with van der Waals surface area (Å²) in [6.45, 7) is 7.51. The number of aromatic nitrogens is 1. The molecule has 0 atom stereocenters. The first-order valence-electron chi connectivity index (χ1n) is 7.40. The van der Waals surface area contributed by atoms with E-state index in [0.29, 0.717) is 5.92 Å². The van der Waals surface area contributed by atoms with Crippen LogP contribution in [0.25, 0.3) is 10.8 Å². The topological polar surface area (TPSA) is 38.1 Å². The number of hydrogen-bond donors (Lipinski definition) is 1. The van der Waals surface area contributed by atoms with E-state index in [-0.39, 0.29) is 0 Å². The minimum atomic E-state index is 0.627. The molecular formula is C16H22N2OS. The Labute approximate surface area is 124 Å². The van der Waals surface area contributed by atoms with Gasteiger partial charge in [-0.25, -0.2) is 4.98 Å². The number of hydrogen-bond acceptors (Lipinski definition) is 4. The summed E-state index contributed by atoms with van der Waals surface area (Å²) in [4.78, 5) is 6.21. The first kappa shape index (κ1) is 13.8. The molecule has 4 heteroatoms. The van der Waals surface area contributed by atoms with E-state index < -0.39 is 0 Å². The van der Waals surface area contributed by atoms with Crippen molar-refractivity contribution in [2.75, 3.05) is 0 Å². The highest BCUT2D eigenvalue weighted by Gasteiger charge is 2.22. The predicted octanol–water partition coefficient (Wildman–Crippen LogP) is 4.16. The number of nitrogens with zero attached hydrogens (tertiary/aromatic N) is 1. The standard InChI is InChI=1S/C16H22N2OS/c1-10(2)8-13-14(9-17-12-4-5-12)20-16(18-13)15-11(3)6-7-19-15/h6-7,10,12,17H,4-5,8-9H2,1-3H3. The highest BCUT2D eigenvalue weighted by molar-refractivity contribution is 7.15. The van der Waals surface area contributed by atoms with Crippen molar-refractivity contribution in [1.82, 2.24) is 10.3 Å². The fourth-order valence-corrected chi connectivity index (χ4v) is 3.37. The maximum absolute atomic E-state index is 5.59. The zero-order chi connectivity index (χ0) is 14.1. The van der Waals surface area contributed by atoms with Crippen LogP contribution in [0.1, 0.15) is 42.8 Å². The van der Waals surface area contributed by atoms with E-state index in [4.69, 9.17) is 9.40 Å². The molecule has 20 heavy (non-hydrogen) atoms. The molecule has 0 radical (unpaired) electrons. The summed E-state index contributed by atoms with van der Waals surface area (Å²) in [7, 11) is 0. The Morgan fingerprint density at radius 1 is 1.45 bits per heavy atom. The van der Waals surface area contributed by atoms with Crippen molar-refractivity contribution in [2.24, 2.45) is 5.92 Å². The van der Waals surface area contributed by atoms with Crippen LogP contribution in [-0.4, -0.2) is 11.0 Å². The molecule has 0 bridgehead atoms. The van der Waals surface area contributed by atoms with Crippen LogP contribution in [-0.2, 0) is 13.0 Å². The Morgan fingerprint density at radius 3 is 2.85 bits per heavy atom. The van der Waals surface area contributed by atoms with Gasteiger partial charge in [-0.1, -0.05) is 13.8 Å². The van der Waals surface area contributed by atoms with E-state index in [0.717, 1.165) is 35.3 Å². The molecular weight excluding hydrogens is 268 g/mol. The Morgan fingerprint density at radius 2 is 2.25 bits per heavy atom. The quantitative estimate of drug-likeness (QED) is 0.868. The van der Waals surface area contributed by atoms with Crippen LogP contribution in [0.2, 0.25) is 0 Å². The zero-order valence-electron chi connectivity index (χ0n) is 12.4. The highest BCUT2D eigenvalue weighted by Crippen LogP contribution is 2.32. The molecule has 3 nitrogen and oxygen atoms in total. The highest BCUT2D eigenvalue weighted by atomic mass is 32.1. The molecule has 2 aromatic rings. The molecule has 0 aliphatic heterocycles. The second-order valence-electron chi connectivity index (χ2n) is 6.07. The van der Waals surface area contributed by atoms with Crippen LogP contribution in [0, 0.1) is 12.8 Å². The van der Waals surface area contributed by atoms with E-state index >= 15 is 0 Å². The minimum absolute atomic E-state index is 0.627. The van der Waals surface area contributed by atoms with Crippen LogP contribution in [0.5, 0.6) is 0 Å². The van der Waals surface area contributed by atoms with Crippen molar-refractivity contribution in [3.05, 3.63) is 28.5 Å². The smallest absolute Gasteiger partial charge is 0.165 e. The summed E-state index contributed by atoms with van der Waals surface area (Å²) in [5.74, 6) is 1.56. The third-order valence-electron chi connectivity index (χ3n) is 3.56. The molecule has 1 fully saturated rings. The van der Waals surface area contributed by atoms with E-state index in [2.05, 4.69) is 26.1 Å². The number of aryl methyl sites for hydroxylation is 1. The van der Waals surface area contributed by atoms with Crippen molar-refractivity contribution >= 4 is 11.3 Å². The Hall–Kier alpha value is -1.13. The molecule has 0 amide bonds. The van der Waals surface area contributed by atoms with E-state index in [9.17, 15) is 0 Å². The number of nitrogens with one attached hydrogen (secondary N) is 1. The third kappa shape index (κ3) is 3.13. The Bertz CT molecular complexity index is 581. The van der Waals surface area contributed by atoms with Crippen LogP contribution < -0.4 is 5.32 Å². The molecule has 1 aliphatic rings. The average Bonchev–Trinajstić information content (AvgIpc) is 3.00. The lowest BCUT2D eigenvalue weighted by molar-refractivity contribution is 0.579. The van der Waals surface area contributed by atoms with Gasteiger partial charge in [-0.15, -0.1) is 11.3 Å². The first-order chi connectivity index (χ1) is 9.63. The van der Waals surface area contributed by atoms with Crippen LogP contribution >= 0.6 is 11.3 Å². The van der Waals surface area contributed by atoms with Gasteiger partial charge in [-0.3, -0.25) is 0 Å². The van der Waals surface area contributed by atoms with Gasteiger partial charge in [0.15, 0.2) is 10.8 Å². The molecule has 1 N–H and O–H groups in total. The Balaban J connectivity index is 1.85. The number of rotatable bonds is 6. The molecule has 1 aliphatic carbocycles. The van der Waals surface area contributed by atoms with Crippen LogP contribution in [0.3, 0.4) is 0 Å². The lowest BCUT2D eigenvalue weighted by atomic mass is 10.1. The van der Waals surface area contributed by atoms with Gasteiger partial charge < -0.3 is 9.73 Å². The van der Waals surface area contributed by atoms with Crippen LogP contribution in [0.4, 0.5) is 0 Å². The number of furan rings is 1. The molecule has 0 unspecified atom stereocenters. The molecule has 2 aromatic heterocycles. The fraction of sp³-hybridized carbons (Fsp3) is 0.562. The molecule has 0 spiro atoms. The second-order valence-corrected chi connectivity index (χ2v) is 7.16. The minimum Gasteiger partial charge on any atom is -0.462 e. The maximum Gasteiger partial charge on any atom is 0.165 e. The molecule has 1 saturated carbocycles. The number of thiazole rings is 1. The van der Waals surface area contributed by atoms with E-state index in [1.807, 2.05) is 6.07 Å². The third-order valence-corrected chi connectivity index (χ3v) is 4.66. The van der Waals surface area contributed by atoms with Gasteiger partial charge in [0.05, 0.1) is 12.0 Å². The molecule has 3 rings (SSSR count). The lowest BCUT2D eigenvalue weighted by Gasteiger charge is -2.05. The average molecular weight is 290 g/mol. The zero-order valence-corrected chi connectivity index (χ0v) is 13.2. The summed E-state index contributed by atoms with van der Waals surface area (Å²) in [6.07, 6.45) is 5.43.